The molecule has 1 aromatic heterocycles. The molecular weight excluding hydrogens is 388 g/mol. The number of carboxylic acid groups (broad SMARTS) is 1. The molecule has 0 radical (unpaired) electrons. The third-order valence-electron chi connectivity index (χ3n) is 4.43. The average Bonchev–Trinajstić information content (AvgIpc) is 3.23. The van der Waals surface area contributed by atoms with E-state index in [4.69, 9.17) is 16.3 Å². The number of carbonyl (C=O) groups is 1. The number of aromatic carboxylic acids is 1. The topological polar surface area (TPSA) is 64.3 Å². The molecular formula is C23H17ClN2O3. The van der Waals surface area contributed by atoms with Gasteiger partial charge >= 0.3 is 5.97 Å². The molecule has 0 fully saturated rings. The Morgan fingerprint density at radius 3 is 2.66 bits per heavy atom. The number of hydrogen-bond acceptors (Lipinski definition) is 3. The van der Waals surface area contributed by atoms with Gasteiger partial charge in [0.15, 0.2) is 0 Å². The van der Waals surface area contributed by atoms with Crippen LogP contribution in [-0.2, 0) is 6.61 Å². The highest BCUT2D eigenvalue weighted by atomic mass is 35.5. The minimum absolute atomic E-state index is 0.203. The number of ether oxygens (including phenoxy) is 1. The summed E-state index contributed by atoms with van der Waals surface area (Å²) in [5, 5.41) is 9.85. The summed E-state index contributed by atoms with van der Waals surface area (Å²) >= 11 is 6.25. The van der Waals surface area contributed by atoms with E-state index >= 15 is 0 Å². The minimum atomic E-state index is -0.983. The fraction of sp³-hybridized carbons (Fsp3) is 0.0435. The predicted molar refractivity (Wildman–Crippen MR) is 112 cm³/mol. The molecule has 1 heterocycles. The molecule has 4 rings (SSSR count). The van der Waals surface area contributed by atoms with Gasteiger partial charge in [0, 0.05) is 23.1 Å². The van der Waals surface area contributed by atoms with Gasteiger partial charge in [-0.15, -0.1) is 0 Å². The number of rotatable bonds is 6. The molecule has 144 valence electrons. The molecule has 1 N–H and O–H groups in total. The van der Waals surface area contributed by atoms with Crippen LogP contribution < -0.4 is 4.74 Å². The zero-order valence-electron chi connectivity index (χ0n) is 15.3. The molecule has 0 saturated carbocycles. The fourth-order valence-electron chi connectivity index (χ4n) is 3.04. The molecule has 0 aliphatic heterocycles. The monoisotopic (exact) mass is 404 g/mol. The number of nitrogens with zero attached hydrogens (tertiary/aromatic N) is 2. The third kappa shape index (κ3) is 4.15. The summed E-state index contributed by atoms with van der Waals surface area (Å²) in [4.78, 5) is 15.8. The molecule has 0 aliphatic carbocycles. The van der Waals surface area contributed by atoms with Gasteiger partial charge in [0.2, 0.25) is 0 Å². The Labute approximate surface area is 172 Å². The molecule has 0 unspecified atom stereocenters. The van der Waals surface area contributed by atoms with Gasteiger partial charge in [-0.2, -0.15) is 0 Å². The number of benzene rings is 3. The maximum absolute atomic E-state index is 11.3. The van der Waals surface area contributed by atoms with Crippen molar-refractivity contribution in [3.05, 3.63) is 101 Å². The molecule has 0 saturated heterocycles. The van der Waals surface area contributed by atoms with Crippen molar-refractivity contribution < 1.29 is 14.6 Å². The first-order valence-electron chi connectivity index (χ1n) is 8.95. The number of carboxylic acids is 1. The molecule has 4 aromatic rings. The highest BCUT2D eigenvalue weighted by molar-refractivity contribution is 6.30. The van der Waals surface area contributed by atoms with Gasteiger partial charge in [0.05, 0.1) is 11.1 Å². The van der Waals surface area contributed by atoms with Crippen LogP contribution in [0.5, 0.6) is 5.75 Å². The summed E-state index contributed by atoms with van der Waals surface area (Å²) in [5.74, 6) is 0.265. The maximum atomic E-state index is 11.3. The lowest BCUT2D eigenvalue weighted by Crippen LogP contribution is -2.02. The standard InChI is InChI=1S/C23H17ClN2O3/c24-18-9-10-21(29-15-16-5-2-1-3-6-16)20(14-18)22-25-11-12-26(22)19-8-4-7-17(13-19)23(27)28/h1-14H,15H2,(H,27,28). The lowest BCUT2D eigenvalue weighted by atomic mass is 10.1. The summed E-state index contributed by atoms with van der Waals surface area (Å²) in [7, 11) is 0. The Bertz CT molecular complexity index is 1160. The van der Waals surface area contributed by atoms with Crippen molar-refractivity contribution >= 4 is 17.6 Å². The van der Waals surface area contributed by atoms with Crippen LogP contribution in [0.4, 0.5) is 0 Å². The molecule has 0 spiro atoms. The summed E-state index contributed by atoms with van der Waals surface area (Å²) in [6.07, 6.45) is 3.43. The maximum Gasteiger partial charge on any atom is 0.335 e. The predicted octanol–water partition coefficient (Wildman–Crippen LogP) is 5.47. The molecule has 0 amide bonds. The number of aromatic nitrogens is 2. The van der Waals surface area contributed by atoms with E-state index in [1.807, 2.05) is 47.0 Å². The van der Waals surface area contributed by atoms with Crippen LogP contribution in [-0.4, -0.2) is 20.6 Å². The van der Waals surface area contributed by atoms with Crippen LogP contribution in [0.1, 0.15) is 15.9 Å². The largest absolute Gasteiger partial charge is 0.488 e. The Kier molecular flexibility index (Phi) is 5.31. The molecule has 0 aliphatic rings. The van der Waals surface area contributed by atoms with Crippen molar-refractivity contribution in [1.82, 2.24) is 9.55 Å². The van der Waals surface area contributed by atoms with Gasteiger partial charge in [-0.3, -0.25) is 4.57 Å². The molecule has 5 nitrogen and oxygen atoms in total. The average molecular weight is 405 g/mol. The van der Waals surface area contributed by atoms with Gasteiger partial charge in [0.25, 0.3) is 0 Å². The van der Waals surface area contributed by atoms with E-state index in [-0.39, 0.29) is 5.56 Å². The van der Waals surface area contributed by atoms with Crippen molar-refractivity contribution in [2.45, 2.75) is 6.61 Å². The third-order valence-corrected chi connectivity index (χ3v) is 4.67. The Morgan fingerprint density at radius 2 is 1.86 bits per heavy atom. The van der Waals surface area contributed by atoms with Crippen LogP contribution >= 0.6 is 11.6 Å². The van der Waals surface area contributed by atoms with Crippen LogP contribution in [0.25, 0.3) is 17.1 Å². The van der Waals surface area contributed by atoms with Gasteiger partial charge in [-0.1, -0.05) is 48.0 Å². The van der Waals surface area contributed by atoms with Crippen molar-refractivity contribution in [2.75, 3.05) is 0 Å². The van der Waals surface area contributed by atoms with E-state index in [2.05, 4.69) is 4.98 Å². The van der Waals surface area contributed by atoms with Gasteiger partial charge in [-0.25, -0.2) is 9.78 Å². The Hall–Kier alpha value is -3.57. The van der Waals surface area contributed by atoms with Crippen molar-refractivity contribution in [3.8, 4) is 22.8 Å². The van der Waals surface area contributed by atoms with Crippen LogP contribution in [0, 0.1) is 0 Å². The SMILES string of the molecule is O=C(O)c1cccc(-n2ccnc2-c2cc(Cl)ccc2OCc2ccccc2)c1. The molecule has 6 heteroatoms. The quantitative estimate of drug-likeness (QED) is 0.462. The smallest absolute Gasteiger partial charge is 0.335 e. The van der Waals surface area contributed by atoms with Crippen molar-refractivity contribution in [1.29, 1.82) is 0 Å². The van der Waals surface area contributed by atoms with E-state index in [9.17, 15) is 9.90 Å². The Morgan fingerprint density at radius 1 is 1.03 bits per heavy atom. The summed E-state index contributed by atoms with van der Waals surface area (Å²) in [6, 6.07) is 21.9. The first-order valence-corrected chi connectivity index (χ1v) is 9.33. The van der Waals surface area contributed by atoms with Crippen molar-refractivity contribution in [3.63, 3.8) is 0 Å². The second-order valence-corrected chi connectivity index (χ2v) is 6.83. The van der Waals surface area contributed by atoms with Crippen LogP contribution in [0.3, 0.4) is 0 Å². The lowest BCUT2D eigenvalue weighted by Gasteiger charge is -2.14. The number of hydrogen-bond donors (Lipinski definition) is 1. The van der Waals surface area contributed by atoms with Crippen LogP contribution in [0.2, 0.25) is 5.02 Å². The number of halogens is 1. The Balaban J connectivity index is 1.73. The summed E-state index contributed by atoms with van der Waals surface area (Å²) in [6.45, 7) is 0.407. The first-order chi connectivity index (χ1) is 14.1. The van der Waals surface area contributed by atoms with Gasteiger partial charge in [0.1, 0.15) is 18.2 Å². The zero-order chi connectivity index (χ0) is 20.2. The fourth-order valence-corrected chi connectivity index (χ4v) is 3.21. The van der Waals surface area contributed by atoms with E-state index in [0.29, 0.717) is 28.9 Å². The minimum Gasteiger partial charge on any atom is -0.488 e. The molecule has 0 atom stereocenters. The highest BCUT2D eigenvalue weighted by Crippen LogP contribution is 2.33. The highest BCUT2D eigenvalue weighted by Gasteiger charge is 2.15. The van der Waals surface area contributed by atoms with E-state index < -0.39 is 5.97 Å². The summed E-state index contributed by atoms with van der Waals surface area (Å²) < 4.78 is 7.86. The van der Waals surface area contributed by atoms with Gasteiger partial charge < -0.3 is 9.84 Å². The van der Waals surface area contributed by atoms with Crippen molar-refractivity contribution in [2.24, 2.45) is 0 Å². The normalized spacial score (nSPS) is 10.7. The molecule has 29 heavy (non-hydrogen) atoms. The number of imidazole rings is 1. The summed E-state index contributed by atoms with van der Waals surface area (Å²) in [5.41, 5.74) is 2.66. The van der Waals surface area contributed by atoms with E-state index in [0.717, 1.165) is 11.1 Å². The first kappa shape index (κ1) is 18.8. The van der Waals surface area contributed by atoms with E-state index in [1.54, 1.807) is 42.7 Å². The van der Waals surface area contributed by atoms with E-state index in [1.165, 1.54) is 0 Å². The second-order valence-electron chi connectivity index (χ2n) is 6.39. The molecule has 0 bridgehead atoms. The zero-order valence-corrected chi connectivity index (χ0v) is 16.1. The van der Waals surface area contributed by atoms with Crippen LogP contribution in [0.15, 0.2) is 85.2 Å². The second kappa shape index (κ2) is 8.20. The van der Waals surface area contributed by atoms with Gasteiger partial charge in [-0.05, 0) is 42.0 Å². The molecule has 3 aromatic carbocycles. The lowest BCUT2D eigenvalue weighted by molar-refractivity contribution is 0.0697.